The van der Waals surface area contributed by atoms with Crippen molar-refractivity contribution >= 4 is 11.6 Å². The fraction of sp³-hybridized carbons (Fsp3) is 0.600. The van der Waals surface area contributed by atoms with E-state index in [-0.39, 0.29) is 0 Å². The van der Waals surface area contributed by atoms with Crippen molar-refractivity contribution < 1.29 is 4.74 Å². The van der Waals surface area contributed by atoms with Gasteiger partial charge in [0.05, 0.1) is 0 Å². The van der Waals surface area contributed by atoms with Crippen molar-refractivity contribution in [3.8, 4) is 5.88 Å². The Balaban J connectivity index is 1.85. The second-order valence-electron chi connectivity index (χ2n) is 3.78. The molecule has 0 spiro atoms. The Morgan fingerprint density at radius 1 is 1.53 bits per heavy atom. The molecule has 0 aliphatic carbocycles. The third kappa shape index (κ3) is 2.79. The summed E-state index contributed by atoms with van der Waals surface area (Å²) in [6.07, 6.45) is 2.44. The van der Waals surface area contributed by atoms with Crippen LogP contribution < -0.4 is 4.74 Å². The summed E-state index contributed by atoms with van der Waals surface area (Å²) in [6, 6.07) is 3.93. The summed E-state index contributed by atoms with van der Waals surface area (Å²) in [6.45, 7) is 1.83. The first-order valence-corrected chi connectivity index (χ1v) is 5.46. The molecule has 0 bridgehead atoms. The minimum Gasteiger partial charge on any atom is -0.475 e. The number of rotatable bonds is 3. The summed E-state index contributed by atoms with van der Waals surface area (Å²) in [4.78, 5) is 2.31. The number of ether oxygens (including phenoxy) is 1. The van der Waals surface area contributed by atoms with Gasteiger partial charge < -0.3 is 9.64 Å². The van der Waals surface area contributed by atoms with E-state index >= 15 is 0 Å². The maximum Gasteiger partial charge on any atom is 0.233 e. The first kappa shape index (κ1) is 10.6. The van der Waals surface area contributed by atoms with E-state index in [0.29, 0.717) is 23.7 Å². The van der Waals surface area contributed by atoms with Crippen molar-refractivity contribution in [3.05, 3.63) is 17.3 Å². The molecule has 1 fully saturated rings. The highest BCUT2D eigenvalue weighted by Crippen LogP contribution is 2.16. The number of hydrogen-bond donors (Lipinski definition) is 0. The van der Waals surface area contributed by atoms with Crippen LogP contribution in [0, 0.1) is 0 Å². The molecule has 82 valence electrons. The second kappa shape index (κ2) is 4.77. The highest BCUT2D eigenvalue weighted by molar-refractivity contribution is 6.29. The Morgan fingerprint density at radius 2 is 2.40 bits per heavy atom. The monoisotopic (exact) mass is 227 g/mol. The highest BCUT2D eigenvalue weighted by atomic mass is 35.5. The molecule has 1 aliphatic rings. The van der Waals surface area contributed by atoms with E-state index in [0.717, 1.165) is 6.54 Å². The highest BCUT2D eigenvalue weighted by Gasteiger charge is 2.21. The van der Waals surface area contributed by atoms with E-state index < -0.39 is 0 Å². The minimum absolute atomic E-state index is 0.389. The lowest BCUT2D eigenvalue weighted by atomic mass is 10.2. The maximum atomic E-state index is 5.62. The molecule has 2 heterocycles. The molecular formula is C10H14ClN3O. The third-order valence-electron chi connectivity index (χ3n) is 2.70. The van der Waals surface area contributed by atoms with E-state index in [9.17, 15) is 0 Å². The van der Waals surface area contributed by atoms with Crippen molar-refractivity contribution in [3.63, 3.8) is 0 Å². The molecule has 0 N–H and O–H groups in total. The number of likely N-dealkylation sites (N-methyl/N-ethyl adjacent to an activating group) is 1. The van der Waals surface area contributed by atoms with Gasteiger partial charge in [-0.1, -0.05) is 11.6 Å². The molecule has 0 amide bonds. The Hall–Kier alpha value is -0.870. The number of nitrogens with zero attached hydrogens (tertiary/aromatic N) is 3. The average molecular weight is 228 g/mol. The van der Waals surface area contributed by atoms with E-state index in [2.05, 4.69) is 22.1 Å². The van der Waals surface area contributed by atoms with Crippen LogP contribution in [0.3, 0.4) is 0 Å². The van der Waals surface area contributed by atoms with Crippen molar-refractivity contribution in [2.45, 2.75) is 18.9 Å². The Bertz CT molecular complexity index is 317. The van der Waals surface area contributed by atoms with Gasteiger partial charge >= 0.3 is 0 Å². The fourth-order valence-electron chi connectivity index (χ4n) is 1.75. The lowest BCUT2D eigenvalue weighted by Crippen LogP contribution is -2.30. The second-order valence-corrected chi connectivity index (χ2v) is 4.17. The number of hydrogen-bond acceptors (Lipinski definition) is 4. The average Bonchev–Trinajstić information content (AvgIpc) is 2.63. The number of halogens is 1. The zero-order chi connectivity index (χ0) is 10.7. The van der Waals surface area contributed by atoms with Crippen molar-refractivity contribution in [2.75, 3.05) is 20.2 Å². The quantitative estimate of drug-likeness (QED) is 0.786. The smallest absolute Gasteiger partial charge is 0.233 e. The number of likely N-dealkylation sites (tertiary alicyclic amines) is 1. The van der Waals surface area contributed by atoms with Crippen LogP contribution in [0.4, 0.5) is 0 Å². The third-order valence-corrected chi connectivity index (χ3v) is 2.90. The van der Waals surface area contributed by atoms with Crippen LogP contribution in [0.1, 0.15) is 12.8 Å². The van der Waals surface area contributed by atoms with Gasteiger partial charge in [0.2, 0.25) is 5.88 Å². The minimum atomic E-state index is 0.389. The standard InChI is InChI=1S/C10H14ClN3O/c1-14-6-2-3-8(14)7-15-10-5-4-9(11)12-13-10/h4-5,8H,2-3,6-7H2,1H3/t8-/m0/s1. The molecule has 1 aliphatic heterocycles. The Kier molecular flexibility index (Phi) is 3.38. The zero-order valence-corrected chi connectivity index (χ0v) is 9.44. The van der Waals surface area contributed by atoms with Crippen LogP contribution in [0.25, 0.3) is 0 Å². The van der Waals surface area contributed by atoms with Crippen LogP contribution in [-0.2, 0) is 0 Å². The first-order chi connectivity index (χ1) is 7.25. The molecule has 15 heavy (non-hydrogen) atoms. The van der Waals surface area contributed by atoms with Gasteiger partial charge in [0, 0.05) is 12.1 Å². The molecule has 1 atom stereocenters. The van der Waals surface area contributed by atoms with Gasteiger partial charge in [-0.15, -0.1) is 10.2 Å². The van der Waals surface area contributed by atoms with Crippen molar-refractivity contribution in [1.82, 2.24) is 15.1 Å². The molecule has 0 unspecified atom stereocenters. The van der Waals surface area contributed by atoms with Gasteiger partial charge in [-0.25, -0.2) is 0 Å². The van der Waals surface area contributed by atoms with Crippen LogP contribution in [0.5, 0.6) is 5.88 Å². The van der Waals surface area contributed by atoms with Crippen molar-refractivity contribution in [2.24, 2.45) is 0 Å². The van der Waals surface area contributed by atoms with E-state index in [4.69, 9.17) is 16.3 Å². The van der Waals surface area contributed by atoms with E-state index in [1.165, 1.54) is 12.8 Å². The molecular weight excluding hydrogens is 214 g/mol. The topological polar surface area (TPSA) is 38.2 Å². The van der Waals surface area contributed by atoms with Gasteiger partial charge in [-0.3, -0.25) is 0 Å². The summed E-state index contributed by atoms with van der Waals surface area (Å²) in [5.41, 5.74) is 0. The molecule has 1 aromatic heterocycles. The summed E-state index contributed by atoms with van der Waals surface area (Å²) >= 11 is 5.62. The molecule has 5 heteroatoms. The largest absolute Gasteiger partial charge is 0.475 e. The summed E-state index contributed by atoms with van der Waals surface area (Å²) in [5.74, 6) is 0.541. The lowest BCUT2D eigenvalue weighted by Gasteiger charge is -2.18. The summed E-state index contributed by atoms with van der Waals surface area (Å²) in [7, 11) is 2.12. The Labute approximate surface area is 94.2 Å². The van der Waals surface area contributed by atoms with Crippen molar-refractivity contribution in [1.29, 1.82) is 0 Å². The van der Waals surface area contributed by atoms with Gasteiger partial charge in [-0.2, -0.15) is 0 Å². The normalized spacial score (nSPS) is 21.9. The molecule has 0 radical (unpaired) electrons. The zero-order valence-electron chi connectivity index (χ0n) is 8.69. The summed E-state index contributed by atoms with van der Waals surface area (Å²) < 4.78 is 5.54. The van der Waals surface area contributed by atoms with Gasteiger partial charge in [0.15, 0.2) is 5.15 Å². The molecule has 1 saturated heterocycles. The molecule has 4 nitrogen and oxygen atoms in total. The lowest BCUT2D eigenvalue weighted by molar-refractivity contribution is 0.192. The predicted octanol–water partition coefficient (Wildman–Crippen LogP) is 1.60. The molecule has 1 aromatic rings. The van der Waals surface area contributed by atoms with Gasteiger partial charge in [-0.05, 0) is 32.5 Å². The van der Waals surface area contributed by atoms with Crippen LogP contribution >= 0.6 is 11.6 Å². The molecule has 2 rings (SSSR count). The van der Waals surface area contributed by atoms with E-state index in [1.54, 1.807) is 12.1 Å². The molecule has 0 aromatic carbocycles. The SMILES string of the molecule is CN1CCC[C@H]1COc1ccc(Cl)nn1. The first-order valence-electron chi connectivity index (χ1n) is 5.08. The van der Waals surface area contributed by atoms with Gasteiger partial charge in [0.25, 0.3) is 0 Å². The summed E-state index contributed by atoms with van der Waals surface area (Å²) in [5, 5.41) is 7.95. The fourth-order valence-corrected chi connectivity index (χ4v) is 1.85. The van der Waals surface area contributed by atoms with E-state index in [1.807, 2.05) is 0 Å². The molecule has 0 saturated carbocycles. The maximum absolute atomic E-state index is 5.62. The van der Waals surface area contributed by atoms with Crippen LogP contribution in [0.15, 0.2) is 12.1 Å². The van der Waals surface area contributed by atoms with Crippen LogP contribution in [0.2, 0.25) is 5.15 Å². The Morgan fingerprint density at radius 3 is 3.00 bits per heavy atom. The van der Waals surface area contributed by atoms with Crippen LogP contribution in [-0.4, -0.2) is 41.3 Å². The van der Waals surface area contributed by atoms with Gasteiger partial charge in [0.1, 0.15) is 6.61 Å². The predicted molar refractivity (Wildman–Crippen MR) is 58.2 cm³/mol. The number of aromatic nitrogens is 2.